The van der Waals surface area contributed by atoms with Gasteiger partial charge in [0.2, 0.25) is 0 Å². The predicted octanol–water partition coefficient (Wildman–Crippen LogP) is 4.21. The first-order chi connectivity index (χ1) is 11.1. The van der Waals surface area contributed by atoms with Crippen molar-refractivity contribution in [1.29, 1.82) is 0 Å². The summed E-state index contributed by atoms with van der Waals surface area (Å²) in [6.45, 7) is 1.91. The lowest BCUT2D eigenvalue weighted by Gasteiger charge is -2.07. The van der Waals surface area contributed by atoms with Crippen molar-refractivity contribution >= 4 is 34.5 Å². The summed E-state index contributed by atoms with van der Waals surface area (Å²) >= 11 is 6.30. The molecule has 2 aromatic heterocycles. The zero-order chi connectivity index (χ0) is 16.2. The van der Waals surface area contributed by atoms with Gasteiger partial charge in [0, 0.05) is 29.5 Å². The van der Waals surface area contributed by atoms with E-state index in [1.54, 1.807) is 36.7 Å². The Kier molecular flexibility index (Phi) is 4.35. The standard InChI is InChI=1S/C18H13ClN2O2/c1-12-4-6-14-15(21-12)7-8-16(18(14)19)23-17(22)9-5-13-3-2-10-20-11-13/h2-11H,1H3/b9-5+. The average Bonchev–Trinajstić information content (AvgIpc) is 2.56. The fourth-order valence-corrected chi connectivity index (χ4v) is 2.37. The minimum Gasteiger partial charge on any atom is -0.422 e. The Labute approximate surface area is 138 Å². The molecule has 0 unspecified atom stereocenters. The van der Waals surface area contributed by atoms with Gasteiger partial charge in [-0.2, -0.15) is 0 Å². The number of carbonyl (C=O) groups excluding carboxylic acids is 1. The van der Waals surface area contributed by atoms with Crippen LogP contribution in [0.5, 0.6) is 5.75 Å². The Morgan fingerprint density at radius 1 is 1.22 bits per heavy atom. The molecular formula is C18H13ClN2O2. The Bertz CT molecular complexity index is 892. The van der Waals surface area contributed by atoms with Crippen LogP contribution in [-0.4, -0.2) is 15.9 Å². The molecule has 0 spiro atoms. The lowest BCUT2D eigenvalue weighted by molar-refractivity contribution is -0.128. The number of hydrogen-bond donors (Lipinski definition) is 0. The third-order valence-electron chi connectivity index (χ3n) is 3.22. The molecule has 0 N–H and O–H groups in total. The summed E-state index contributed by atoms with van der Waals surface area (Å²) < 4.78 is 5.30. The summed E-state index contributed by atoms with van der Waals surface area (Å²) in [6.07, 6.45) is 6.29. The average molecular weight is 325 g/mol. The predicted molar refractivity (Wildman–Crippen MR) is 90.4 cm³/mol. The summed E-state index contributed by atoms with van der Waals surface area (Å²) in [5, 5.41) is 1.12. The van der Waals surface area contributed by atoms with Gasteiger partial charge in [0.1, 0.15) is 0 Å². The van der Waals surface area contributed by atoms with Gasteiger partial charge in [-0.1, -0.05) is 17.7 Å². The van der Waals surface area contributed by atoms with Crippen LogP contribution in [0.15, 0.2) is 54.9 Å². The number of carbonyl (C=O) groups is 1. The van der Waals surface area contributed by atoms with Crippen LogP contribution in [-0.2, 0) is 4.79 Å². The number of pyridine rings is 2. The van der Waals surface area contributed by atoms with Gasteiger partial charge in [0.15, 0.2) is 5.75 Å². The number of aromatic nitrogens is 2. The van der Waals surface area contributed by atoms with E-state index in [-0.39, 0.29) is 0 Å². The normalized spacial score (nSPS) is 11.0. The van der Waals surface area contributed by atoms with Gasteiger partial charge in [-0.05, 0) is 48.9 Å². The van der Waals surface area contributed by atoms with Crippen LogP contribution in [0.1, 0.15) is 11.3 Å². The van der Waals surface area contributed by atoms with Crippen LogP contribution in [0.2, 0.25) is 5.02 Å². The molecule has 0 bridgehead atoms. The molecule has 0 radical (unpaired) electrons. The first kappa shape index (κ1) is 15.2. The number of halogens is 1. The summed E-state index contributed by atoms with van der Waals surface area (Å²) in [7, 11) is 0. The van der Waals surface area contributed by atoms with E-state index in [2.05, 4.69) is 9.97 Å². The molecule has 3 rings (SSSR count). The molecule has 0 saturated carbocycles. The summed E-state index contributed by atoms with van der Waals surface area (Å²) in [5.74, 6) is -0.194. The topological polar surface area (TPSA) is 52.1 Å². The highest BCUT2D eigenvalue weighted by atomic mass is 35.5. The summed E-state index contributed by atoms with van der Waals surface area (Å²) in [5.41, 5.74) is 2.48. The van der Waals surface area contributed by atoms with Crippen molar-refractivity contribution < 1.29 is 9.53 Å². The quantitative estimate of drug-likeness (QED) is 0.411. The SMILES string of the molecule is Cc1ccc2c(Cl)c(OC(=O)/C=C/c3cccnc3)ccc2n1. The zero-order valence-corrected chi connectivity index (χ0v) is 13.1. The Hall–Kier alpha value is -2.72. The van der Waals surface area contributed by atoms with Crippen molar-refractivity contribution in [2.24, 2.45) is 0 Å². The largest absolute Gasteiger partial charge is 0.422 e. The van der Waals surface area contributed by atoms with Crippen LogP contribution in [0, 0.1) is 6.92 Å². The summed E-state index contributed by atoms with van der Waals surface area (Å²) in [6, 6.07) is 10.8. The molecule has 1 aromatic carbocycles. The first-order valence-corrected chi connectivity index (χ1v) is 7.37. The Morgan fingerprint density at radius 2 is 2.09 bits per heavy atom. The molecular weight excluding hydrogens is 312 g/mol. The van der Waals surface area contributed by atoms with Crippen LogP contribution in [0.25, 0.3) is 17.0 Å². The summed E-state index contributed by atoms with van der Waals surface area (Å²) in [4.78, 5) is 20.3. The number of benzene rings is 1. The van der Waals surface area contributed by atoms with E-state index in [9.17, 15) is 4.79 Å². The molecule has 114 valence electrons. The van der Waals surface area contributed by atoms with Crippen molar-refractivity contribution in [2.75, 3.05) is 0 Å². The van der Waals surface area contributed by atoms with Gasteiger partial charge < -0.3 is 4.74 Å². The first-order valence-electron chi connectivity index (χ1n) is 6.99. The maximum atomic E-state index is 11.9. The second-order valence-corrected chi connectivity index (χ2v) is 5.32. The van der Waals surface area contributed by atoms with E-state index in [1.807, 2.05) is 25.1 Å². The van der Waals surface area contributed by atoms with E-state index >= 15 is 0 Å². The highest BCUT2D eigenvalue weighted by Crippen LogP contribution is 2.32. The van der Waals surface area contributed by atoms with E-state index < -0.39 is 5.97 Å². The molecule has 2 heterocycles. The van der Waals surface area contributed by atoms with E-state index in [4.69, 9.17) is 16.3 Å². The Morgan fingerprint density at radius 3 is 2.87 bits per heavy atom. The van der Waals surface area contributed by atoms with Crippen molar-refractivity contribution in [3.8, 4) is 5.75 Å². The highest BCUT2D eigenvalue weighted by molar-refractivity contribution is 6.37. The number of aryl methyl sites for hydroxylation is 1. The van der Waals surface area contributed by atoms with Gasteiger partial charge in [0.05, 0.1) is 10.5 Å². The van der Waals surface area contributed by atoms with E-state index in [0.29, 0.717) is 10.8 Å². The van der Waals surface area contributed by atoms with Crippen LogP contribution in [0.4, 0.5) is 0 Å². The molecule has 0 atom stereocenters. The van der Waals surface area contributed by atoms with Crippen molar-refractivity contribution in [1.82, 2.24) is 9.97 Å². The van der Waals surface area contributed by atoms with Gasteiger partial charge in [0.25, 0.3) is 0 Å². The van der Waals surface area contributed by atoms with Crippen LogP contribution >= 0.6 is 11.6 Å². The zero-order valence-electron chi connectivity index (χ0n) is 12.4. The van der Waals surface area contributed by atoms with Crippen molar-refractivity contribution in [3.63, 3.8) is 0 Å². The molecule has 0 aliphatic heterocycles. The number of fused-ring (bicyclic) bond motifs is 1. The molecule has 0 fully saturated rings. The maximum absolute atomic E-state index is 11.9. The Balaban J connectivity index is 1.81. The van der Waals surface area contributed by atoms with Gasteiger partial charge >= 0.3 is 5.97 Å². The fraction of sp³-hybridized carbons (Fsp3) is 0.0556. The minimum atomic E-state index is -0.504. The van der Waals surface area contributed by atoms with Gasteiger partial charge in [-0.25, -0.2) is 4.79 Å². The molecule has 0 aliphatic rings. The third kappa shape index (κ3) is 3.55. The lowest BCUT2D eigenvalue weighted by atomic mass is 10.2. The second kappa shape index (κ2) is 6.58. The van der Waals surface area contributed by atoms with E-state index in [0.717, 1.165) is 22.2 Å². The molecule has 4 nitrogen and oxygen atoms in total. The second-order valence-electron chi connectivity index (χ2n) is 4.94. The molecule has 23 heavy (non-hydrogen) atoms. The van der Waals surface area contributed by atoms with Gasteiger partial charge in [-0.15, -0.1) is 0 Å². The number of hydrogen-bond acceptors (Lipinski definition) is 4. The smallest absolute Gasteiger partial charge is 0.336 e. The van der Waals surface area contributed by atoms with Crippen LogP contribution in [0.3, 0.4) is 0 Å². The third-order valence-corrected chi connectivity index (χ3v) is 3.61. The molecule has 3 aromatic rings. The fourth-order valence-electron chi connectivity index (χ4n) is 2.11. The highest BCUT2D eigenvalue weighted by Gasteiger charge is 2.10. The number of ether oxygens (including phenoxy) is 1. The molecule has 0 amide bonds. The van der Waals surface area contributed by atoms with Crippen molar-refractivity contribution in [2.45, 2.75) is 6.92 Å². The number of rotatable bonds is 3. The monoisotopic (exact) mass is 324 g/mol. The minimum absolute atomic E-state index is 0.311. The van der Waals surface area contributed by atoms with Crippen molar-refractivity contribution in [3.05, 3.63) is 71.1 Å². The molecule has 0 saturated heterocycles. The number of esters is 1. The number of nitrogens with zero attached hydrogens (tertiary/aromatic N) is 2. The van der Waals surface area contributed by atoms with Gasteiger partial charge in [-0.3, -0.25) is 9.97 Å². The molecule has 0 aliphatic carbocycles. The lowest BCUT2D eigenvalue weighted by Crippen LogP contribution is -2.04. The molecule has 5 heteroatoms. The van der Waals surface area contributed by atoms with Crippen LogP contribution < -0.4 is 4.74 Å². The maximum Gasteiger partial charge on any atom is 0.336 e. The van der Waals surface area contributed by atoms with E-state index in [1.165, 1.54) is 6.08 Å².